The van der Waals surface area contributed by atoms with Gasteiger partial charge < -0.3 is 10.6 Å². The summed E-state index contributed by atoms with van der Waals surface area (Å²) in [6.07, 6.45) is 2.73. The molecule has 7 nitrogen and oxygen atoms in total. The number of nitro groups is 1. The summed E-state index contributed by atoms with van der Waals surface area (Å²) in [5.74, 6) is 0.726. The van der Waals surface area contributed by atoms with Gasteiger partial charge in [-0.3, -0.25) is 10.1 Å². The Balaban J connectivity index is 0.00000312. The van der Waals surface area contributed by atoms with Gasteiger partial charge >= 0.3 is 0 Å². The van der Waals surface area contributed by atoms with Crippen LogP contribution in [0.15, 0.2) is 35.5 Å². The second-order valence-electron chi connectivity index (χ2n) is 5.16. The lowest BCUT2D eigenvalue weighted by molar-refractivity contribution is -0.384. The van der Waals surface area contributed by atoms with Crippen LogP contribution in [0.25, 0.3) is 0 Å². The van der Waals surface area contributed by atoms with Gasteiger partial charge in [-0.05, 0) is 19.4 Å². The fourth-order valence-corrected chi connectivity index (χ4v) is 2.83. The topological polar surface area (TPSA) is 92.5 Å². The molecule has 2 rings (SSSR count). The van der Waals surface area contributed by atoms with Crippen molar-refractivity contribution in [3.63, 3.8) is 0 Å². The highest BCUT2D eigenvalue weighted by atomic mass is 127. The largest absolute Gasteiger partial charge is 0.357 e. The number of non-ortho nitro benzene ring substituents is 1. The molecule has 0 spiro atoms. The maximum absolute atomic E-state index is 10.7. The number of hydrogen-bond donors (Lipinski definition) is 2. The number of aryl methyl sites for hydroxylation is 1. The van der Waals surface area contributed by atoms with Crippen molar-refractivity contribution < 1.29 is 4.92 Å². The van der Waals surface area contributed by atoms with Gasteiger partial charge in [-0.25, -0.2) is 9.98 Å². The number of nitro benzene ring substituents is 1. The molecule has 136 valence electrons. The van der Waals surface area contributed by atoms with E-state index in [-0.39, 0.29) is 29.7 Å². The number of nitrogens with one attached hydrogen (secondary N) is 2. The number of thiazole rings is 1. The molecular weight excluding hydrogens is 453 g/mol. The summed E-state index contributed by atoms with van der Waals surface area (Å²) in [5.41, 5.74) is 1.01. The molecule has 0 radical (unpaired) electrons. The van der Waals surface area contributed by atoms with E-state index < -0.39 is 4.92 Å². The average molecular weight is 475 g/mol. The molecular formula is C16H22IN5O2S. The van der Waals surface area contributed by atoms with E-state index in [1.807, 2.05) is 20.0 Å². The Kier molecular flexibility index (Phi) is 9.35. The second-order valence-corrected chi connectivity index (χ2v) is 6.48. The number of benzene rings is 1. The van der Waals surface area contributed by atoms with E-state index in [0.29, 0.717) is 6.54 Å². The van der Waals surface area contributed by atoms with Crippen molar-refractivity contribution in [3.8, 4) is 0 Å². The van der Waals surface area contributed by atoms with Crippen LogP contribution in [0.5, 0.6) is 0 Å². The fraction of sp³-hybridized carbons (Fsp3) is 0.375. The minimum absolute atomic E-state index is 0. The first kappa shape index (κ1) is 21.3. The molecule has 0 atom stereocenters. The molecule has 0 amide bonds. The monoisotopic (exact) mass is 475 g/mol. The lowest BCUT2D eigenvalue weighted by Gasteiger charge is -2.10. The Morgan fingerprint density at radius 1 is 1.32 bits per heavy atom. The summed E-state index contributed by atoms with van der Waals surface area (Å²) in [6, 6.07) is 6.44. The molecule has 0 saturated heterocycles. The Morgan fingerprint density at radius 3 is 2.60 bits per heavy atom. The smallest absolute Gasteiger partial charge is 0.269 e. The van der Waals surface area contributed by atoms with E-state index in [1.165, 1.54) is 17.0 Å². The van der Waals surface area contributed by atoms with Crippen molar-refractivity contribution >= 4 is 47.0 Å². The molecule has 2 N–H and O–H groups in total. The molecule has 1 aromatic carbocycles. The molecule has 0 unspecified atom stereocenters. The van der Waals surface area contributed by atoms with Crippen LogP contribution in [0.1, 0.15) is 22.4 Å². The molecule has 9 heteroatoms. The molecule has 0 aliphatic carbocycles. The Bertz CT molecular complexity index is 703. The van der Waals surface area contributed by atoms with Gasteiger partial charge in [-0.15, -0.1) is 35.3 Å². The highest BCUT2D eigenvalue weighted by Crippen LogP contribution is 2.12. The minimum atomic E-state index is -0.404. The zero-order chi connectivity index (χ0) is 17.4. The van der Waals surface area contributed by atoms with Crippen LogP contribution in [0.4, 0.5) is 5.69 Å². The maximum atomic E-state index is 10.7. The third-order valence-corrected chi connectivity index (χ3v) is 4.18. The molecule has 1 aromatic heterocycles. The number of guanidine groups is 1. The Hall–Kier alpha value is -1.75. The summed E-state index contributed by atoms with van der Waals surface area (Å²) >= 11 is 1.70. The van der Waals surface area contributed by atoms with Gasteiger partial charge in [0.2, 0.25) is 0 Å². The van der Waals surface area contributed by atoms with Crippen LogP contribution >= 0.6 is 35.3 Å². The highest BCUT2D eigenvalue weighted by Gasteiger charge is 2.04. The van der Waals surface area contributed by atoms with Crippen molar-refractivity contribution in [3.05, 3.63) is 56.0 Å². The molecule has 0 saturated carbocycles. The van der Waals surface area contributed by atoms with Gasteiger partial charge in [0.1, 0.15) is 0 Å². The third kappa shape index (κ3) is 7.34. The molecule has 0 bridgehead atoms. The zero-order valence-electron chi connectivity index (χ0n) is 14.2. The van der Waals surface area contributed by atoms with Crippen molar-refractivity contribution in [1.29, 1.82) is 0 Å². The molecule has 1 heterocycles. The van der Waals surface area contributed by atoms with Crippen molar-refractivity contribution in [2.75, 3.05) is 13.1 Å². The van der Waals surface area contributed by atoms with Crippen LogP contribution in [0.3, 0.4) is 0 Å². The molecule has 2 aromatic rings. The second kappa shape index (κ2) is 11.0. The van der Waals surface area contributed by atoms with Gasteiger partial charge in [-0.1, -0.05) is 12.1 Å². The number of hydrogen-bond acceptors (Lipinski definition) is 5. The van der Waals surface area contributed by atoms with Crippen LogP contribution < -0.4 is 10.6 Å². The lowest BCUT2D eigenvalue weighted by Crippen LogP contribution is -2.38. The standard InChI is InChI=1S/C16H21N5O2S.HI/c1-3-17-16(18-9-8-15-19-10-12(2)24-15)20-11-13-4-6-14(7-5-13)21(22)23;/h4-7,10H,3,8-9,11H2,1-2H3,(H2,17,18,20);1H. The quantitative estimate of drug-likeness (QED) is 0.211. The zero-order valence-corrected chi connectivity index (χ0v) is 17.3. The first-order valence-corrected chi connectivity index (χ1v) is 8.57. The number of rotatable bonds is 7. The number of nitrogens with zero attached hydrogens (tertiary/aromatic N) is 3. The SMILES string of the molecule is CCNC(=NCc1ccc([N+](=O)[O-])cc1)NCCc1ncc(C)s1.I. The molecule has 0 aliphatic heterocycles. The Morgan fingerprint density at radius 2 is 2.04 bits per heavy atom. The maximum Gasteiger partial charge on any atom is 0.269 e. The lowest BCUT2D eigenvalue weighted by atomic mass is 10.2. The number of aliphatic imine (C=N–C) groups is 1. The number of aromatic nitrogens is 1. The first-order valence-electron chi connectivity index (χ1n) is 7.75. The van der Waals surface area contributed by atoms with Gasteiger partial charge in [0.25, 0.3) is 5.69 Å². The van der Waals surface area contributed by atoms with E-state index in [1.54, 1.807) is 23.5 Å². The third-order valence-electron chi connectivity index (χ3n) is 3.21. The normalized spacial score (nSPS) is 10.9. The summed E-state index contributed by atoms with van der Waals surface area (Å²) < 4.78 is 0. The van der Waals surface area contributed by atoms with Gasteiger partial charge in [0.15, 0.2) is 5.96 Å². The first-order chi connectivity index (χ1) is 11.6. The van der Waals surface area contributed by atoms with E-state index in [2.05, 4.69) is 20.6 Å². The van der Waals surface area contributed by atoms with Crippen molar-refractivity contribution in [2.24, 2.45) is 4.99 Å². The van der Waals surface area contributed by atoms with Gasteiger partial charge in [0, 0.05) is 42.7 Å². The van der Waals surface area contributed by atoms with Crippen LogP contribution in [-0.2, 0) is 13.0 Å². The van der Waals surface area contributed by atoms with Gasteiger partial charge in [0.05, 0.1) is 16.5 Å². The van der Waals surface area contributed by atoms with Crippen LogP contribution in [0.2, 0.25) is 0 Å². The summed E-state index contributed by atoms with van der Waals surface area (Å²) in [4.78, 5) is 20.3. The van der Waals surface area contributed by atoms with Gasteiger partial charge in [-0.2, -0.15) is 0 Å². The highest BCUT2D eigenvalue weighted by molar-refractivity contribution is 14.0. The number of halogens is 1. The fourth-order valence-electron chi connectivity index (χ4n) is 2.04. The van der Waals surface area contributed by atoms with Crippen molar-refractivity contribution in [1.82, 2.24) is 15.6 Å². The van der Waals surface area contributed by atoms with Crippen LogP contribution in [0, 0.1) is 17.0 Å². The van der Waals surface area contributed by atoms with E-state index in [4.69, 9.17) is 0 Å². The van der Waals surface area contributed by atoms with E-state index in [9.17, 15) is 10.1 Å². The van der Waals surface area contributed by atoms with Crippen molar-refractivity contribution in [2.45, 2.75) is 26.8 Å². The molecule has 0 fully saturated rings. The summed E-state index contributed by atoms with van der Waals surface area (Å²) in [7, 11) is 0. The summed E-state index contributed by atoms with van der Waals surface area (Å²) in [5, 5.41) is 18.2. The molecule has 25 heavy (non-hydrogen) atoms. The Labute approximate surface area is 168 Å². The predicted molar refractivity (Wildman–Crippen MR) is 112 cm³/mol. The van der Waals surface area contributed by atoms with E-state index in [0.717, 1.165) is 36.0 Å². The summed E-state index contributed by atoms with van der Waals surface area (Å²) in [6.45, 7) is 6.03. The minimum Gasteiger partial charge on any atom is -0.357 e. The predicted octanol–water partition coefficient (Wildman–Crippen LogP) is 3.28. The average Bonchev–Trinajstić information content (AvgIpc) is 2.98. The van der Waals surface area contributed by atoms with E-state index >= 15 is 0 Å². The molecule has 0 aliphatic rings. The van der Waals surface area contributed by atoms with Crippen LogP contribution in [-0.4, -0.2) is 29.0 Å².